The van der Waals surface area contributed by atoms with Crippen LogP contribution in [0.4, 0.5) is 0 Å². The summed E-state index contributed by atoms with van der Waals surface area (Å²) in [5.41, 5.74) is 0.0193. The maximum absolute atomic E-state index is 13.3. The lowest BCUT2D eigenvalue weighted by atomic mass is 9.93. The van der Waals surface area contributed by atoms with Crippen molar-refractivity contribution in [3.63, 3.8) is 0 Å². The van der Waals surface area contributed by atoms with Gasteiger partial charge in [0.25, 0.3) is 0 Å². The first-order valence-electron chi connectivity index (χ1n) is 12.0. The summed E-state index contributed by atoms with van der Waals surface area (Å²) in [6.07, 6.45) is 0.766. The molecule has 0 aromatic heterocycles. The normalized spacial score (nSPS) is 17.3. The first kappa shape index (κ1) is 29.3. The van der Waals surface area contributed by atoms with E-state index in [0.29, 0.717) is 29.2 Å². The average Bonchev–Trinajstić information content (AvgIpc) is 2.93. The number of carbonyl (C=O) groups is 5. The Balaban J connectivity index is 2.10. The predicted molar refractivity (Wildman–Crippen MR) is 133 cm³/mol. The molecule has 0 radical (unpaired) electrons. The minimum absolute atomic E-state index is 0.163. The van der Waals surface area contributed by atoms with Gasteiger partial charge in [-0.05, 0) is 63.8 Å². The van der Waals surface area contributed by atoms with Crippen molar-refractivity contribution in [3.8, 4) is 5.75 Å². The van der Waals surface area contributed by atoms with Crippen LogP contribution < -0.4 is 10.1 Å². The second-order valence-corrected chi connectivity index (χ2v) is 10.3. The molecule has 1 unspecified atom stereocenters. The van der Waals surface area contributed by atoms with Crippen LogP contribution in [0.5, 0.6) is 5.75 Å². The van der Waals surface area contributed by atoms with E-state index in [0.717, 1.165) is 4.90 Å². The van der Waals surface area contributed by atoms with Gasteiger partial charge in [-0.1, -0.05) is 18.5 Å². The summed E-state index contributed by atoms with van der Waals surface area (Å²) in [4.78, 5) is 64.3. The van der Waals surface area contributed by atoms with Gasteiger partial charge < -0.3 is 14.8 Å². The standard InChI is InChI=1S/C26H35ClN2O7/c1-6-16(24(33)28-14-23(32)36-26(2,3)4)13-22(31)29-15-20(30)9-7-17(25(29)34)11-18-12-19(27)8-10-21(18)35-5/h8,10,12,16-17H,6-7,9,11,13-15H2,1-5H3,(H,28,33)/t16-,17?/m0/s1. The zero-order chi connectivity index (χ0) is 27.0. The van der Waals surface area contributed by atoms with Gasteiger partial charge >= 0.3 is 5.97 Å². The molecule has 0 aliphatic carbocycles. The number of amides is 3. The van der Waals surface area contributed by atoms with Gasteiger partial charge in [-0.3, -0.25) is 28.9 Å². The molecular formula is C26H35ClN2O7. The van der Waals surface area contributed by atoms with Gasteiger partial charge in [0.15, 0.2) is 5.78 Å². The van der Waals surface area contributed by atoms with Gasteiger partial charge in [0.2, 0.25) is 17.7 Å². The van der Waals surface area contributed by atoms with Crippen molar-refractivity contribution in [2.75, 3.05) is 20.2 Å². The molecule has 0 bridgehead atoms. The number of Topliss-reactive ketones (excluding diaryl/α,β-unsaturated/α-hetero) is 1. The highest BCUT2D eigenvalue weighted by atomic mass is 35.5. The molecule has 0 saturated carbocycles. The Bertz CT molecular complexity index is 1000. The number of halogens is 1. The maximum Gasteiger partial charge on any atom is 0.325 e. The van der Waals surface area contributed by atoms with Crippen molar-refractivity contribution in [2.45, 2.75) is 65.4 Å². The van der Waals surface area contributed by atoms with Crippen molar-refractivity contribution in [2.24, 2.45) is 11.8 Å². The van der Waals surface area contributed by atoms with Crippen LogP contribution in [0.2, 0.25) is 5.02 Å². The predicted octanol–water partition coefficient (Wildman–Crippen LogP) is 3.10. The third-order valence-electron chi connectivity index (χ3n) is 5.84. The van der Waals surface area contributed by atoms with E-state index >= 15 is 0 Å². The molecule has 36 heavy (non-hydrogen) atoms. The van der Waals surface area contributed by atoms with Gasteiger partial charge in [-0.25, -0.2) is 0 Å². The molecule has 1 heterocycles. The Labute approximate surface area is 216 Å². The molecular weight excluding hydrogens is 488 g/mol. The molecule has 2 atom stereocenters. The number of imide groups is 1. The summed E-state index contributed by atoms with van der Waals surface area (Å²) in [6.45, 7) is 6.23. The SMILES string of the molecule is CC[C@@H](CC(=O)N1CC(=O)CCC(Cc2cc(Cl)ccc2OC)C1=O)C(=O)NCC(=O)OC(C)(C)C. The highest BCUT2D eigenvalue weighted by Gasteiger charge is 2.36. The molecule has 9 nitrogen and oxygen atoms in total. The Morgan fingerprint density at radius 2 is 1.92 bits per heavy atom. The van der Waals surface area contributed by atoms with Gasteiger partial charge in [0.05, 0.1) is 13.7 Å². The third-order valence-corrected chi connectivity index (χ3v) is 6.08. The van der Waals surface area contributed by atoms with Crippen LogP contribution in [0.1, 0.15) is 58.9 Å². The number of nitrogens with one attached hydrogen (secondary N) is 1. The maximum atomic E-state index is 13.3. The number of carbonyl (C=O) groups excluding carboxylic acids is 5. The lowest BCUT2D eigenvalue weighted by Crippen LogP contribution is -2.44. The van der Waals surface area contributed by atoms with Gasteiger partial charge in [0.1, 0.15) is 17.9 Å². The van der Waals surface area contributed by atoms with Crippen LogP contribution in [0.25, 0.3) is 0 Å². The van der Waals surface area contributed by atoms with E-state index in [1.165, 1.54) is 7.11 Å². The largest absolute Gasteiger partial charge is 0.496 e. The number of ether oxygens (including phenoxy) is 2. The second-order valence-electron chi connectivity index (χ2n) is 9.87. The number of hydrogen-bond acceptors (Lipinski definition) is 7. The minimum atomic E-state index is -0.766. The van der Waals surface area contributed by atoms with E-state index in [1.54, 1.807) is 45.9 Å². The van der Waals surface area contributed by atoms with Crippen molar-refractivity contribution >= 4 is 41.1 Å². The van der Waals surface area contributed by atoms with Gasteiger partial charge in [-0.15, -0.1) is 0 Å². The number of esters is 1. The number of rotatable bonds is 9. The van der Waals surface area contributed by atoms with Crippen molar-refractivity contribution in [3.05, 3.63) is 28.8 Å². The number of ketones is 1. The monoisotopic (exact) mass is 522 g/mol. The first-order chi connectivity index (χ1) is 16.8. The van der Waals surface area contributed by atoms with E-state index in [4.69, 9.17) is 21.1 Å². The Morgan fingerprint density at radius 1 is 1.22 bits per heavy atom. The topological polar surface area (TPSA) is 119 Å². The zero-order valence-corrected chi connectivity index (χ0v) is 22.3. The number of benzene rings is 1. The molecule has 1 aromatic rings. The molecule has 1 N–H and O–H groups in total. The molecule has 2 rings (SSSR count). The van der Waals surface area contributed by atoms with Crippen LogP contribution in [0, 0.1) is 11.8 Å². The van der Waals surface area contributed by atoms with Crippen LogP contribution in [-0.2, 0) is 35.1 Å². The number of methoxy groups -OCH3 is 1. The highest BCUT2D eigenvalue weighted by molar-refractivity contribution is 6.30. The van der Waals surface area contributed by atoms with E-state index < -0.39 is 41.1 Å². The molecule has 0 spiro atoms. The van der Waals surface area contributed by atoms with Crippen LogP contribution >= 0.6 is 11.6 Å². The lowest BCUT2D eigenvalue weighted by molar-refractivity contribution is -0.154. The molecule has 1 aliphatic rings. The van der Waals surface area contributed by atoms with Crippen LogP contribution in [-0.4, -0.2) is 60.2 Å². The van der Waals surface area contributed by atoms with Crippen LogP contribution in [0.15, 0.2) is 18.2 Å². The fourth-order valence-corrected chi connectivity index (χ4v) is 4.20. The molecule has 3 amide bonds. The number of hydrogen-bond donors (Lipinski definition) is 1. The first-order valence-corrected chi connectivity index (χ1v) is 12.4. The fourth-order valence-electron chi connectivity index (χ4n) is 4.01. The Morgan fingerprint density at radius 3 is 2.53 bits per heavy atom. The summed E-state index contributed by atoms with van der Waals surface area (Å²) in [7, 11) is 1.51. The van der Waals surface area contributed by atoms with E-state index in [2.05, 4.69) is 5.32 Å². The average molecular weight is 523 g/mol. The van der Waals surface area contributed by atoms with Crippen molar-refractivity contribution in [1.82, 2.24) is 10.2 Å². The highest BCUT2D eigenvalue weighted by Crippen LogP contribution is 2.29. The van der Waals surface area contributed by atoms with Gasteiger partial charge in [-0.2, -0.15) is 0 Å². The fraction of sp³-hybridized carbons (Fsp3) is 0.577. The van der Waals surface area contributed by atoms with Gasteiger partial charge in [0, 0.05) is 29.7 Å². The number of nitrogens with zero attached hydrogens (tertiary/aromatic N) is 1. The van der Waals surface area contributed by atoms with Crippen LogP contribution in [0.3, 0.4) is 0 Å². The molecule has 1 saturated heterocycles. The molecule has 198 valence electrons. The van der Waals surface area contributed by atoms with E-state index in [9.17, 15) is 24.0 Å². The Kier molecular flexibility index (Phi) is 10.5. The summed E-state index contributed by atoms with van der Waals surface area (Å²) in [5, 5.41) is 2.98. The lowest BCUT2D eigenvalue weighted by Gasteiger charge is -2.24. The summed E-state index contributed by atoms with van der Waals surface area (Å²) in [6, 6.07) is 5.08. The minimum Gasteiger partial charge on any atom is -0.496 e. The van der Waals surface area contributed by atoms with Crippen molar-refractivity contribution < 1.29 is 33.4 Å². The summed E-state index contributed by atoms with van der Waals surface area (Å²) < 4.78 is 10.5. The zero-order valence-electron chi connectivity index (χ0n) is 21.5. The second kappa shape index (κ2) is 12.9. The molecule has 10 heteroatoms. The summed E-state index contributed by atoms with van der Waals surface area (Å²) >= 11 is 6.12. The molecule has 1 aromatic carbocycles. The summed E-state index contributed by atoms with van der Waals surface area (Å²) in [5.74, 6) is -3.19. The quantitative estimate of drug-likeness (QED) is 0.495. The third kappa shape index (κ3) is 8.62. The Hall–Kier alpha value is -2.94. The smallest absolute Gasteiger partial charge is 0.325 e. The van der Waals surface area contributed by atoms with E-state index in [1.807, 2.05) is 0 Å². The molecule has 1 fully saturated rings. The van der Waals surface area contributed by atoms with Crippen molar-refractivity contribution in [1.29, 1.82) is 0 Å². The molecule has 1 aliphatic heterocycles. The number of likely N-dealkylation sites (tertiary alicyclic amines) is 1. The van der Waals surface area contributed by atoms with E-state index in [-0.39, 0.29) is 38.1 Å².